The molecule has 0 fully saturated rings. The average molecular weight is 312 g/mol. The van der Waals surface area contributed by atoms with Crippen molar-refractivity contribution in [1.82, 2.24) is 19.9 Å². The SMILES string of the molecule is O=C(NCCCOc1ccc2[nH]c(=O)ccc2c1)n1ccnc1. The molecule has 0 atom stereocenters. The number of carbonyl (C=O) groups excluding carboxylic acids is 1. The molecule has 0 saturated carbocycles. The van der Waals surface area contributed by atoms with Gasteiger partial charge in [0, 0.05) is 35.9 Å². The highest BCUT2D eigenvalue weighted by Crippen LogP contribution is 2.18. The third-order valence-corrected chi connectivity index (χ3v) is 3.30. The first-order chi connectivity index (χ1) is 11.2. The van der Waals surface area contributed by atoms with Crippen LogP contribution in [0.5, 0.6) is 5.75 Å². The molecule has 1 aromatic carbocycles. The van der Waals surface area contributed by atoms with Gasteiger partial charge >= 0.3 is 6.03 Å². The highest BCUT2D eigenvalue weighted by atomic mass is 16.5. The van der Waals surface area contributed by atoms with Crippen LogP contribution >= 0.6 is 0 Å². The van der Waals surface area contributed by atoms with E-state index >= 15 is 0 Å². The second-order valence-electron chi connectivity index (χ2n) is 4.98. The number of amides is 1. The molecule has 3 rings (SSSR count). The highest BCUT2D eigenvalue weighted by Gasteiger charge is 2.02. The molecule has 0 unspecified atom stereocenters. The number of carbonyl (C=O) groups is 1. The summed E-state index contributed by atoms with van der Waals surface area (Å²) in [6, 6.07) is 8.52. The van der Waals surface area contributed by atoms with Crippen molar-refractivity contribution >= 4 is 16.9 Å². The quantitative estimate of drug-likeness (QED) is 0.702. The number of aromatic amines is 1. The van der Waals surface area contributed by atoms with E-state index in [0.717, 1.165) is 16.7 Å². The lowest BCUT2D eigenvalue weighted by Gasteiger charge is -2.08. The van der Waals surface area contributed by atoms with Crippen LogP contribution in [0.4, 0.5) is 4.79 Å². The summed E-state index contributed by atoms with van der Waals surface area (Å²) in [4.78, 5) is 29.4. The number of pyridine rings is 1. The van der Waals surface area contributed by atoms with Gasteiger partial charge in [0.15, 0.2) is 0 Å². The number of aromatic nitrogens is 3. The van der Waals surface area contributed by atoms with Gasteiger partial charge in [-0.05, 0) is 30.7 Å². The van der Waals surface area contributed by atoms with Gasteiger partial charge < -0.3 is 15.0 Å². The largest absolute Gasteiger partial charge is 0.494 e. The topological polar surface area (TPSA) is 89.0 Å². The molecule has 0 radical (unpaired) electrons. The van der Waals surface area contributed by atoms with Crippen molar-refractivity contribution in [3.05, 3.63) is 59.4 Å². The average Bonchev–Trinajstić information content (AvgIpc) is 3.09. The Labute approximate surface area is 131 Å². The van der Waals surface area contributed by atoms with E-state index in [1.807, 2.05) is 18.2 Å². The van der Waals surface area contributed by atoms with Crippen LogP contribution in [0.15, 0.2) is 53.8 Å². The zero-order chi connectivity index (χ0) is 16.1. The lowest BCUT2D eigenvalue weighted by Crippen LogP contribution is -2.29. The molecular formula is C16H16N4O3. The first-order valence-corrected chi connectivity index (χ1v) is 7.24. The van der Waals surface area contributed by atoms with Crippen molar-refractivity contribution in [2.24, 2.45) is 0 Å². The first-order valence-electron chi connectivity index (χ1n) is 7.24. The van der Waals surface area contributed by atoms with Crippen molar-refractivity contribution in [2.75, 3.05) is 13.2 Å². The standard InChI is InChI=1S/C16H16N4O3/c21-15-5-2-12-10-13(3-4-14(12)19-15)23-9-1-6-18-16(22)20-8-7-17-11-20/h2-5,7-8,10-11H,1,6,9H2,(H,18,22)(H,19,21). The number of H-pyrrole nitrogens is 1. The first kappa shape index (κ1) is 14.8. The molecular weight excluding hydrogens is 296 g/mol. The number of nitrogens with zero attached hydrogens (tertiary/aromatic N) is 2. The fraction of sp³-hybridized carbons (Fsp3) is 0.188. The van der Waals surface area contributed by atoms with Gasteiger partial charge in [-0.15, -0.1) is 0 Å². The lowest BCUT2D eigenvalue weighted by atomic mass is 10.2. The number of rotatable bonds is 5. The Morgan fingerprint density at radius 1 is 1.30 bits per heavy atom. The second kappa shape index (κ2) is 6.78. The zero-order valence-electron chi connectivity index (χ0n) is 12.4. The van der Waals surface area contributed by atoms with E-state index in [0.29, 0.717) is 19.6 Å². The van der Waals surface area contributed by atoms with Crippen LogP contribution in [0.25, 0.3) is 10.9 Å². The summed E-state index contributed by atoms with van der Waals surface area (Å²) in [5, 5.41) is 3.68. The van der Waals surface area contributed by atoms with Gasteiger partial charge in [-0.2, -0.15) is 0 Å². The van der Waals surface area contributed by atoms with E-state index in [4.69, 9.17) is 4.74 Å². The Hall–Kier alpha value is -3.09. The van der Waals surface area contributed by atoms with E-state index in [1.54, 1.807) is 18.5 Å². The molecule has 2 aromatic heterocycles. The molecule has 2 heterocycles. The number of nitrogens with one attached hydrogen (secondary N) is 2. The Kier molecular flexibility index (Phi) is 4.37. The molecule has 3 aromatic rings. The summed E-state index contributed by atoms with van der Waals surface area (Å²) in [6.07, 6.45) is 5.27. The second-order valence-corrected chi connectivity index (χ2v) is 4.98. The van der Waals surface area contributed by atoms with Crippen LogP contribution in [0.1, 0.15) is 6.42 Å². The van der Waals surface area contributed by atoms with Crippen LogP contribution in [0.2, 0.25) is 0 Å². The van der Waals surface area contributed by atoms with E-state index < -0.39 is 0 Å². The van der Waals surface area contributed by atoms with Gasteiger partial charge in [-0.25, -0.2) is 9.78 Å². The van der Waals surface area contributed by atoms with E-state index in [9.17, 15) is 9.59 Å². The van der Waals surface area contributed by atoms with Crippen LogP contribution in [-0.2, 0) is 0 Å². The Bertz CT molecular complexity index is 855. The molecule has 0 aliphatic rings. The summed E-state index contributed by atoms with van der Waals surface area (Å²) in [6.45, 7) is 0.997. The van der Waals surface area contributed by atoms with E-state index in [-0.39, 0.29) is 11.6 Å². The van der Waals surface area contributed by atoms with E-state index in [2.05, 4.69) is 15.3 Å². The Balaban J connectivity index is 1.46. The normalized spacial score (nSPS) is 10.6. The van der Waals surface area contributed by atoms with Crippen molar-refractivity contribution in [3.63, 3.8) is 0 Å². The maximum Gasteiger partial charge on any atom is 0.326 e. The summed E-state index contributed by atoms with van der Waals surface area (Å²) < 4.78 is 7.03. The third kappa shape index (κ3) is 3.76. The molecule has 0 aliphatic heterocycles. The molecule has 7 nitrogen and oxygen atoms in total. The molecule has 118 valence electrons. The predicted octanol–water partition coefficient (Wildman–Crippen LogP) is 1.75. The Morgan fingerprint density at radius 2 is 2.22 bits per heavy atom. The molecule has 1 amide bonds. The molecule has 0 aliphatic carbocycles. The number of benzene rings is 1. The van der Waals surface area contributed by atoms with Gasteiger partial charge in [-0.3, -0.25) is 9.36 Å². The van der Waals surface area contributed by atoms with Crippen LogP contribution in [-0.4, -0.2) is 33.7 Å². The number of hydrogen-bond donors (Lipinski definition) is 2. The minimum atomic E-state index is -0.211. The van der Waals surface area contributed by atoms with Gasteiger partial charge in [0.2, 0.25) is 5.56 Å². The summed E-state index contributed by atoms with van der Waals surface area (Å²) >= 11 is 0. The van der Waals surface area contributed by atoms with Crippen molar-refractivity contribution in [3.8, 4) is 5.75 Å². The Morgan fingerprint density at radius 3 is 3.04 bits per heavy atom. The van der Waals surface area contributed by atoms with Gasteiger partial charge in [0.05, 0.1) is 6.61 Å². The van der Waals surface area contributed by atoms with Crippen molar-refractivity contribution in [2.45, 2.75) is 6.42 Å². The molecule has 0 spiro atoms. The van der Waals surface area contributed by atoms with Crippen molar-refractivity contribution < 1.29 is 9.53 Å². The number of ether oxygens (including phenoxy) is 1. The van der Waals surface area contributed by atoms with Gasteiger partial charge in [0.25, 0.3) is 0 Å². The lowest BCUT2D eigenvalue weighted by molar-refractivity contribution is 0.240. The molecule has 0 saturated heterocycles. The fourth-order valence-corrected chi connectivity index (χ4v) is 2.15. The van der Waals surface area contributed by atoms with Gasteiger partial charge in [-0.1, -0.05) is 0 Å². The molecule has 0 bridgehead atoms. The van der Waals surface area contributed by atoms with Crippen molar-refractivity contribution in [1.29, 1.82) is 0 Å². The monoisotopic (exact) mass is 312 g/mol. The molecule has 7 heteroatoms. The maximum absolute atomic E-state index is 11.7. The van der Waals surface area contributed by atoms with Crippen LogP contribution in [0, 0.1) is 0 Å². The molecule has 2 N–H and O–H groups in total. The minimum absolute atomic E-state index is 0.125. The van der Waals surface area contributed by atoms with Gasteiger partial charge in [0.1, 0.15) is 12.1 Å². The molecule has 23 heavy (non-hydrogen) atoms. The number of imidazole rings is 1. The number of fused-ring (bicyclic) bond motifs is 1. The number of hydrogen-bond acceptors (Lipinski definition) is 4. The van der Waals surface area contributed by atoms with E-state index in [1.165, 1.54) is 17.0 Å². The maximum atomic E-state index is 11.7. The summed E-state index contributed by atoms with van der Waals surface area (Å²) in [5.41, 5.74) is 0.650. The van der Waals surface area contributed by atoms with Crippen LogP contribution in [0.3, 0.4) is 0 Å². The fourth-order valence-electron chi connectivity index (χ4n) is 2.15. The van der Waals surface area contributed by atoms with Crippen LogP contribution < -0.4 is 15.6 Å². The zero-order valence-corrected chi connectivity index (χ0v) is 12.4. The summed E-state index contributed by atoms with van der Waals surface area (Å²) in [5.74, 6) is 0.727. The highest BCUT2D eigenvalue weighted by molar-refractivity contribution is 5.79. The predicted molar refractivity (Wildman–Crippen MR) is 85.7 cm³/mol. The third-order valence-electron chi connectivity index (χ3n) is 3.30. The minimum Gasteiger partial charge on any atom is -0.494 e. The smallest absolute Gasteiger partial charge is 0.326 e. The summed E-state index contributed by atoms with van der Waals surface area (Å²) in [7, 11) is 0.